The maximum absolute atomic E-state index is 12.7. The van der Waals surface area contributed by atoms with E-state index in [1.807, 2.05) is 6.08 Å². The molecule has 0 unspecified atom stereocenters. The van der Waals surface area contributed by atoms with E-state index in [0.717, 1.165) is 0 Å². The van der Waals surface area contributed by atoms with Crippen molar-refractivity contribution in [2.75, 3.05) is 20.0 Å². The molecular weight excluding hydrogens is 309 g/mol. The fraction of sp³-hybridized carbons (Fsp3) is 0.562. The molecule has 128 valence electrons. The number of nitrogen functional groups attached to an aromatic ring is 1. The molecular formula is C16H21F3N2O2. The number of pyridine rings is 1. The third-order valence-electron chi connectivity index (χ3n) is 4.18. The Morgan fingerprint density at radius 1 is 1.13 bits per heavy atom. The van der Waals surface area contributed by atoms with Crippen LogP contribution in [0.25, 0.3) is 6.08 Å². The zero-order valence-electron chi connectivity index (χ0n) is 13.2. The highest BCUT2D eigenvalue weighted by molar-refractivity contribution is 5.63. The van der Waals surface area contributed by atoms with Gasteiger partial charge in [0.1, 0.15) is 0 Å². The third kappa shape index (κ3) is 4.30. The number of rotatable bonds is 4. The Bertz CT molecular complexity index is 565. The molecule has 4 nitrogen and oxygen atoms in total. The first-order valence-electron chi connectivity index (χ1n) is 7.48. The molecule has 1 aliphatic rings. The minimum atomic E-state index is -4.08. The molecule has 2 N–H and O–H groups in total. The van der Waals surface area contributed by atoms with Gasteiger partial charge in [-0.3, -0.25) is 0 Å². The predicted molar refractivity (Wildman–Crippen MR) is 82.3 cm³/mol. The highest BCUT2D eigenvalue weighted by atomic mass is 19.4. The topological polar surface area (TPSA) is 57.4 Å². The van der Waals surface area contributed by atoms with Gasteiger partial charge in [0.25, 0.3) is 0 Å². The van der Waals surface area contributed by atoms with Gasteiger partial charge in [-0.25, -0.2) is 0 Å². The summed E-state index contributed by atoms with van der Waals surface area (Å²) in [6, 6.07) is 1.68. The van der Waals surface area contributed by atoms with Crippen LogP contribution in [-0.4, -0.2) is 25.4 Å². The minimum Gasteiger partial charge on any atom is -0.480 e. The molecule has 23 heavy (non-hydrogen) atoms. The third-order valence-corrected chi connectivity index (χ3v) is 4.18. The van der Waals surface area contributed by atoms with E-state index in [2.05, 4.69) is 4.98 Å². The second-order valence-corrected chi connectivity index (χ2v) is 5.70. The van der Waals surface area contributed by atoms with E-state index in [9.17, 15) is 13.2 Å². The van der Waals surface area contributed by atoms with E-state index in [0.29, 0.717) is 30.0 Å². The number of halogens is 3. The second-order valence-electron chi connectivity index (χ2n) is 5.70. The van der Waals surface area contributed by atoms with E-state index >= 15 is 0 Å². The first-order valence-corrected chi connectivity index (χ1v) is 7.48. The number of alkyl halides is 3. The van der Waals surface area contributed by atoms with Gasteiger partial charge in [-0.05, 0) is 37.7 Å². The summed E-state index contributed by atoms with van der Waals surface area (Å²) in [5.41, 5.74) is 6.90. The standard InChI is InChI=1S/C16H21F3N2O2/c1-22-14-11(9-13(20)15(21-14)23-2)6-3-10-4-7-12(8-5-10)16(17,18)19/h3,6,9-10,12H,4-5,7-8,20H2,1-2H3/b6-3+/t10-,12-. The van der Waals surface area contributed by atoms with Crippen LogP contribution in [-0.2, 0) is 0 Å². The summed E-state index contributed by atoms with van der Waals surface area (Å²) >= 11 is 0. The average Bonchev–Trinajstić information content (AvgIpc) is 2.52. The predicted octanol–water partition coefficient (Wildman–Crippen LogP) is 4.06. The SMILES string of the molecule is COc1nc(OC)c(/C=C/[C@H]2CC[C@H](C(F)(F)F)CC2)cc1N. The quantitative estimate of drug-likeness (QED) is 0.904. The molecule has 0 bridgehead atoms. The van der Waals surface area contributed by atoms with Gasteiger partial charge < -0.3 is 15.2 Å². The van der Waals surface area contributed by atoms with Gasteiger partial charge in [-0.1, -0.05) is 12.2 Å². The Morgan fingerprint density at radius 3 is 2.26 bits per heavy atom. The average molecular weight is 330 g/mol. The molecule has 0 aliphatic heterocycles. The largest absolute Gasteiger partial charge is 0.480 e. The van der Waals surface area contributed by atoms with E-state index < -0.39 is 12.1 Å². The van der Waals surface area contributed by atoms with Crippen molar-refractivity contribution in [3.63, 3.8) is 0 Å². The molecule has 1 fully saturated rings. The Kier molecular flexibility index (Phi) is 5.38. The van der Waals surface area contributed by atoms with E-state index in [4.69, 9.17) is 15.2 Å². The second kappa shape index (κ2) is 7.10. The van der Waals surface area contributed by atoms with Crippen molar-refractivity contribution < 1.29 is 22.6 Å². The normalized spacial score (nSPS) is 22.3. The van der Waals surface area contributed by atoms with Crippen molar-refractivity contribution in [1.82, 2.24) is 4.98 Å². The number of hydrogen-bond donors (Lipinski definition) is 1. The van der Waals surface area contributed by atoms with Gasteiger partial charge >= 0.3 is 6.18 Å². The van der Waals surface area contributed by atoms with Gasteiger partial charge in [-0.2, -0.15) is 18.2 Å². The fourth-order valence-corrected chi connectivity index (χ4v) is 2.84. The molecule has 1 heterocycles. The maximum Gasteiger partial charge on any atom is 0.391 e. The number of nitrogens with two attached hydrogens (primary N) is 1. The molecule has 7 heteroatoms. The molecule has 1 saturated carbocycles. The van der Waals surface area contributed by atoms with Crippen LogP contribution < -0.4 is 15.2 Å². The lowest BCUT2D eigenvalue weighted by Crippen LogP contribution is -2.27. The number of hydrogen-bond acceptors (Lipinski definition) is 4. The Balaban J connectivity index is 2.05. The maximum atomic E-state index is 12.7. The number of aromatic nitrogens is 1. The van der Waals surface area contributed by atoms with Crippen LogP contribution in [0.1, 0.15) is 31.2 Å². The number of anilines is 1. The van der Waals surface area contributed by atoms with Gasteiger partial charge in [0.05, 0.1) is 25.8 Å². The lowest BCUT2D eigenvalue weighted by molar-refractivity contribution is -0.183. The van der Waals surface area contributed by atoms with Crippen LogP contribution in [0.3, 0.4) is 0 Å². The summed E-state index contributed by atoms with van der Waals surface area (Å²) in [7, 11) is 2.95. The number of ether oxygens (including phenoxy) is 2. The summed E-state index contributed by atoms with van der Waals surface area (Å²) in [5.74, 6) is -0.387. The summed E-state index contributed by atoms with van der Waals surface area (Å²) in [6.07, 6.45) is 1.06. The monoisotopic (exact) mass is 330 g/mol. The molecule has 2 rings (SSSR count). The molecule has 0 atom stereocenters. The van der Waals surface area contributed by atoms with Crippen LogP contribution in [0, 0.1) is 11.8 Å². The van der Waals surface area contributed by atoms with Gasteiger partial charge in [0, 0.05) is 5.56 Å². The molecule has 0 radical (unpaired) electrons. The van der Waals surface area contributed by atoms with Gasteiger partial charge in [0.15, 0.2) is 0 Å². The van der Waals surface area contributed by atoms with Crippen LogP contribution in [0.2, 0.25) is 0 Å². The number of nitrogens with zero attached hydrogens (tertiary/aromatic N) is 1. The molecule has 1 aromatic rings. The summed E-state index contributed by atoms with van der Waals surface area (Å²) in [4.78, 5) is 4.15. The molecule has 0 spiro atoms. The highest BCUT2D eigenvalue weighted by Crippen LogP contribution is 2.40. The first-order chi connectivity index (χ1) is 10.8. The molecule has 0 aromatic carbocycles. The smallest absolute Gasteiger partial charge is 0.391 e. The van der Waals surface area contributed by atoms with Crippen LogP contribution >= 0.6 is 0 Å². The fourth-order valence-electron chi connectivity index (χ4n) is 2.84. The lowest BCUT2D eigenvalue weighted by atomic mass is 9.81. The van der Waals surface area contributed by atoms with E-state index in [-0.39, 0.29) is 24.6 Å². The summed E-state index contributed by atoms with van der Waals surface area (Å²) in [5, 5.41) is 0. The molecule has 1 aliphatic carbocycles. The Hall–Kier alpha value is -1.92. The van der Waals surface area contributed by atoms with Gasteiger partial charge in [0.2, 0.25) is 11.8 Å². The zero-order valence-corrected chi connectivity index (χ0v) is 13.2. The van der Waals surface area contributed by atoms with Crippen LogP contribution in [0.15, 0.2) is 12.1 Å². The van der Waals surface area contributed by atoms with Crippen molar-refractivity contribution >= 4 is 11.8 Å². The van der Waals surface area contributed by atoms with Crippen molar-refractivity contribution in [1.29, 1.82) is 0 Å². The lowest BCUT2D eigenvalue weighted by Gasteiger charge is -2.28. The minimum absolute atomic E-state index is 0.127. The Morgan fingerprint density at radius 2 is 1.74 bits per heavy atom. The molecule has 0 saturated heterocycles. The zero-order chi connectivity index (χ0) is 17.0. The van der Waals surface area contributed by atoms with Crippen molar-refractivity contribution in [2.45, 2.75) is 31.9 Å². The summed E-state index contributed by atoms with van der Waals surface area (Å²) in [6.45, 7) is 0. The van der Waals surface area contributed by atoms with Gasteiger partial charge in [-0.15, -0.1) is 0 Å². The number of allylic oxidation sites excluding steroid dienone is 1. The van der Waals surface area contributed by atoms with Crippen LogP contribution in [0.4, 0.5) is 18.9 Å². The molecule has 0 amide bonds. The van der Waals surface area contributed by atoms with E-state index in [1.165, 1.54) is 14.2 Å². The first kappa shape index (κ1) is 17.4. The van der Waals surface area contributed by atoms with Crippen molar-refractivity contribution in [3.05, 3.63) is 17.7 Å². The molecule has 1 aromatic heterocycles. The van der Waals surface area contributed by atoms with Crippen LogP contribution in [0.5, 0.6) is 11.8 Å². The Labute approximate surface area is 133 Å². The number of methoxy groups -OCH3 is 2. The van der Waals surface area contributed by atoms with E-state index in [1.54, 1.807) is 12.1 Å². The summed E-state index contributed by atoms with van der Waals surface area (Å²) < 4.78 is 48.2. The van der Waals surface area contributed by atoms with Crippen molar-refractivity contribution in [2.24, 2.45) is 11.8 Å². The van der Waals surface area contributed by atoms with Crippen molar-refractivity contribution in [3.8, 4) is 11.8 Å². The highest BCUT2D eigenvalue weighted by Gasteiger charge is 2.40.